The van der Waals surface area contributed by atoms with Crippen LogP contribution in [-0.2, 0) is 16.0 Å². The van der Waals surface area contributed by atoms with Crippen LogP contribution in [0.15, 0.2) is 24.3 Å². The maximum atomic E-state index is 11.8. The van der Waals surface area contributed by atoms with Crippen LogP contribution in [0.1, 0.15) is 25.8 Å². The lowest BCUT2D eigenvalue weighted by Crippen LogP contribution is -2.43. The van der Waals surface area contributed by atoms with Crippen LogP contribution in [0, 0.1) is 11.3 Å². The molecule has 0 radical (unpaired) electrons. The first-order valence-electron chi connectivity index (χ1n) is 7.91. The van der Waals surface area contributed by atoms with Gasteiger partial charge in [0.05, 0.1) is 11.3 Å². The zero-order valence-corrected chi connectivity index (χ0v) is 15.1. The molecule has 1 unspecified atom stereocenters. The largest absolute Gasteiger partial charge is 0.481 e. The first kappa shape index (κ1) is 20.8. The standard InChI is InChI=1S/C17H24ClN3O4/c1-17(2,15(23)24)7-8-20-16(25)21-10-12(14(19)22)9-11-5-3-4-6-13(11)18/h3-6,12H,7-10H2,1-2H3,(H2,19,22)(H,23,24)(H2,20,21,25). The number of nitrogens with two attached hydrogens (primary N) is 1. The van der Waals surface area contributed by atoms with Crippen LogP contribution in [0.5, 0.6) is 0 Å². The van der Waals surface area contributed by atoms with Crippen molar-refractivity contribution < 1.29 is 19.5 Å². The molecule has 1 rings (SSSR count). The molecule has 0 aliphatic heterocycles. The molecule has 0 bridgehead atoms. The fraction of sp³-hybridized carbons (Fsp3) is 0.471. The lowest BCUT2D eigenvalue weighted by molar-refractivity contribution is -0.147. The summed E-state index contributed by atoms with van der Waals surface area (Å²) in [6.45, 7) is 3.44. The summed E-state index contributed by atoms with van der Waals surface area (Å²) in [5.41, 5.74) is 5.25. The Kier molecular flexibility index (Phi) is 7.70. The number of nitrogens with one attached hydrogen (secondary N) is 2. The van der Waals surface area contributed by atoms with E-state index in [1.807, 2.05) is 6.07 Å². The van der Waals surface area contributed by atoms with Crippen molar-refractivity contribution in [1.82, 2.24) is 10.6 Å². The van der Waals surface area contributed by atoms with Gasteiger partial charge in [-0.2, -0.15) is 0 Å². The van der Waals surface area contributed by atoms with Crippen molar-refractivity contribution in [1.29, 1.82) is 0 Å². The number of carbonyl (C=O) groups is 3. The van der Waals surface area contributed by atoms with Gasteiger partial charge in [0.25, 0.3) is 0 Å². The molecule has 1 aromatic carbocycles. The van der Waals surface area contributed by atoms with Gasteiger partial charge >= 0.3 is 12.0 Å². The highest BCUT2D eigenvalue weighted by molar-refractivity contribution is 6.31. The SMILES string of the molecule is CC(C)(CCNC(=O)NCC(Cc1ccccc1Cl)C(N)=O)C(=O)O. The van der Waals surface area contributed by atoms with Crippen molar-refractivity contribution in [3.8, 4) is 0 Å². The fourth-order valence-corrected chi connectivity index (χ4v) is 2.29. The summed E-state index contributed by atoms with van der Waals surface area (Å²) in [4.78, 5) is 34.4. The zero-order chi connectivity index (χ0) is 19.0. The quantitative estimate of drug-likeness (QED) is 0.530. The first-order valence-corrected chi connectivity index (χ1v) is 8.29. The monoisotopic (exact) mass is 369 g/mol. The molecular formula is C17H24ClN3O4. The van der Waals surface area contributed by atoms with E-state index in [0.717, 1.165) is 5.56 Å². The third-order valence-corrected chi connectivity index (χ3v) is 4.32. The second-order valence-corrected chi connectivity index (χ2v) is 6.88. The van der Waals surface area contributed by atoms with Crippen molar-refractivity contribution in [3.05, 3.63) is 34.9 Å². The van der Waals surface area contributed by atoms with Gasteiger partial charge in [-0.25, -0.2) is 4.79 Å². The summed E-state index contributed by atoms with van der Waals surface area (Å²) in [5, 5.41) is 14.7. The summed E-state index contributed by atoms with van der Waals surface area (Å²) in [6.07, 6.45) is 0.607. The molecule has 0 aromatic heterocycles. The fourth-order valence-electron chi connectivity index (χ4n) is 2.08. The molecule has 0 spiro atoms. The van der Waals surface area contributed by atoms with Crippen molar-refractivity contribution >= 4 is 29.5 Å². The average molecular weight is 370 g/mol. The molecule has 1 atom stereocenters. The lowest BCUT2D eigenvalue weighted by Gasteiger charge is -2.19. The topological polar surface area (TPSA) is 122 Å². The molecule has 138 valence electrons. The Bertz CT molecular complexity index is 634. The van der Waals surface area contributed by atoms with E-state index < -0.39 is 29.2 Å². The minimum atomic E-state index is -0.928. The number of primary amides is 1. The molecule has 8 heteroatoms. The van der Waals surface area contributed by atoms with Gasteiger partial charge in [0.1, 0.15) is 0 Å². The van der Waals surface area contributed by atoms with Crippen LogP contribution in [0.3, 0.4) is 0 Å². The van der Waals surface area contributed by atoms with Gasteiger partial charge in [0, 0.05) is 18.1 Å². The van der Waals surface area contributed by atoms with E-state index in [4.69, 9.17) is 22.4 Å². The molecule has 0 heterocycles. The number of carbonyl (C=O) groups excluding carboxylic acids is 2. The van der Waals surface area contributed by atoms with Crippen LogP contribution in [0.25, 0.3) is 0 Å². The van der Waals surface area contributed by atoms with E-state index in [9.17, 15) is 14.4 Å². The molecule has 1 aromatic rings. The number of aliphatic carboxylic acids is 1. The molecular weight excluding hydrogens is 346 g/mol. The maximum Gasteiger partial charge on any atom is 0.314 e. The number of hydrogen-bond acceptors (Lipinski definition) is 3. The van der Waals surface area contributed by atoms with Gasteiger partial charge in [-0.15, -0.1) is 0 Å². The number of urea groups is 1. The Hall–Kier alpha value is -2.28. The second kappa shape index (κ2) is 9.27. The van der Waals surface area contributed by atoms with E-state index in [1.165, 1.54) is 0 Å². The third-order valence-electron chi connectivity index (χ3n) is 3.95. The number of rotatable bonds is 9. The van der Waals surface area contributed by atoms with Gasteiger partial charge in [-0.3, -0.25) is 9.59 Å². The predicted octanol–water partition coefficient (Wildman–Crippen LogP) is 1.78. The first-order chi connectivity index (χ1) is 11.6. The Morgan fingerprint density at radius 2 is 1.88 bits per heavy atom. The number of hydrogen-bond donors (Lipinski definition) is 4. The summed E-state index contributed by atoms with van der Waals surface area (Å²) in [5.74, 6) is -2.06. The highest BCUT2D eigenvalue weighted by atomic mass is 35.5. The Labute approximate surface area is 151 Å². The smallest absolute Gasteiger partial charge is 0.314 e. The molecule has 5 N–H and O–H groups in total. The van der Waals surface area contributed by atoms with E-state index in [1.54, 1.807) is 32.0 Å². The zero-order valence-electron chi connectivity index (χ0n) is 14.3. The Balaban J connectivity index is 2.47. The number of carboxylic acid groups (broad SMARTS) is 1. The molecule has 3 amide bonds. The molecule has 0 aliphatic rings. The van der Waals surface area contributed by atoms with Crippen LogP contribution in [0.4, 0.5) is 4.79 Å². The summed E-state index contributed by atoms with van der Waals surface area (Å²) in [6, 6.07) is 6.64. The highest BCUT2D eigenvalue weighted by Crippen LogP contribution is 2.19. The van der Waals surface area contributed by atoms with E-state index in [-0.39, 0.29) is 19.5 Å². The second-order valence-electron chi connectivity index (χ2n) is 6.47. The Morgan fingerprint density at radius 1 is 1.24 bits per heavy atom. The van der Waals surface area contributed by atoms with E-state index in [2.05, 4.69) is 10.6 Å². The average Bonchev–Trinajstić information content (AvgIpc) is 2.52. The summed E-state index contributed by atoms with van der Waals surface area (Å²) in [7, 11) is 0. The van der Waals surface area contributed by atoms with Gasteiger partial charge in [0.2, 0.25) is 5.91 Å². The van der Waals surface area contributed by atoms with Crippen molar-refractivity contribution in [2.24, 2.45) is 17.1 Å². The van der Waals surface area contributed by atoms with Crippen LogP contribution >= 0.6 is 11.6 Å². The minimum absolute atomic E-state index is 0.0642. The van der Waals surface area contributed by atoms with Gasteiger partial charge in [-0.1, -0.05) is 29.8 Å². The highest BCUT2D eigenvalue weighted by Gasteiger charge is 2.26. The van der Waals surface area contributed by atoms with Crippen molar-refractivity contribution in [2.45, 2.75) is 26.7 Å². The van der Waals surface area contributed by atoms with Crippen LogP contribution in [0.2, 0.25) is 5.02 Å². The van der Waals surface area contributed by atoms with Crippen molar-refractivity contribution in [2.75, 3.05) is 13.1 Å². The number of benzene rings is 1. The van der Waals surface area contributed by atoms with Crippen LogP contribution < -0.4 is 16.4 Å². The molecule has 0 saturated heterocycles. The van der Waals surface area contributed by atoms with E-state index >= 15 is 0 Å². The lowest BCUT2D eigenvalue weighted by atomic mass is 9.90. The van der Waals surface area contributed by atoms with E-state index in [0.29, 0.717) is 11.4 Å². The number of halogens is 1. The molecule has 0 aliphatic carbocycles. The summed E-state index contributed by atoms with van der Waals surface area (Å²) >= 11 is 6.07. The normalized spacial score (nSPS) is 12.3. The van der Waals surface area contributed by atoms with Gasteiger partial charge in [-0.05, 0) is 38.3 Å². The molecule has 0 saturated carbocycles. The molecule has 0 fully saturated rings. The minimum Gasteiger partial charge on any atom is -0.481 e. The maximum absolute atomic E-state index is 11.8. The van der Waals surface area contributed by atoms with Crippen LogP contribution in [-0.4, -0.2) is 36.1 Å². The summed E-state index contributed by atoms with van der Waals surface area (Å²) < 4.78 is 0. The Morgan fingerprint density at radius 3 is 2.44 bits per heavy atom. The van der Waals surface area contributed by atoms with Crippen molar-refractivity contribution in [3.63, 3.8) is 0 Å². The predicted molar refractivity (Wildman–Crippen MR) is 95.3 cm³/mol. The third kappa shape index (κ3) is 7.01. The number of amides is 3. The molecule has 7 nitrogen and oxygen atoms in total. The molecule has 25 heavy (non-hydrogen) atoms. The van der Waals surface area contributed by atoms with Gasteiger partial charge in [0.15, 0.2) is 0 Å². The number of carboxylic acids is 1. The van der Waals surface area contributed by atoms with Gasteiger partial charge < -0.3 is 21.5 Å².